The molecule has 0 aliphatic carbocycles. The highest BCUT2D eigenvalue weighted by atomic mass is 16.3. The third-order valence-corrected chi connectivity index (χ3v) is 4.70. The van der Waals surface area contributed by atoms with Crippen LogP contribution in [0.3, 0.4) is 0 Å². The maximum absolute atomic E-state index is 10.0. The lowest BCUT2D eigenvalue weighted by Crippen LogP contribution is -2.46. The van der Waals surface area contributed by atoms with Crippen molar-refractivity contribution in [3.63, 3.8) is 0 Å². The second-order valence-electron chi connectivity index (χ2n) is 5.75. The predicted octanol–water partition coefficient (Wildman–Crippen LogP) is 1.84. The van der Waals surface area contributed by atoms with E-state index >= 15 is 0 Å². The van der Waals surface area contributed by atoms with E-state index in [-0.39, 0.29) is 17.5 Å². The van der Waals surface area contributed by atoms with Gasteiger partial charge in [-0.25, -0.2) is 0 Å². The first-order chi connectivity index (χ1) is 9.18. The maximum Gasteiger partial charge on any atom is 0.124 e. The molecule has 19 heavy (non-hydrogen) atoms. The van der Waals surface area contributed by atoms with Crippen LogP contribution >= 0.6 is 0 Å². The van der Waals surface area contributed by atoms with Gasteiger partial charge in [0.05, 0.1) is 5.56 Å². The molecule has 104 valence electrons. The monoisotopic (exact) mass is 262 g/mol. The summed E-state index contributed by atoms with van der Waals surface area (Å²) in [5, 5.41) is 23.5. The van der Waals surface area contributed by atoms with E-state index < -0.39 is 0 Å². The number of hydrogen-bond acceptors (Lipinski definition) is 4. The van der Waals surface area contributed by atoms with Crippen LogP contribution in [0.2, 0.25) is 0 Å². The number of fused-ring (bicyclic) bond motifs is 1. The summed E-state index contributed by atoms with van der Waals surface area (Å²) in [5.74, 6) is 1.10. The van der Waals surface area contributed by atoms with Gasteiger partial charge >= 0.3 is 0 Å². The Morgan fingerprint density at radius 2 is 2.00 bits per heavy atom. The fourth-order valence-electron chi connectivity index (χ4n) is 3.72. The van der Waals surface area contributed by atoms with Gasteiger partial charge in [-0.05, 0) is 50.9 Å². The highest BCUT2D eigenvalue weighted by Crippen LogP contribution is 2.39. The highest BCUT2D eigenvalue weighted by molar-refractivity contribution is 5.45. The Bertz CT molecular complexity index is 443. The van der Waals surface area contributed by atoms with Crippen molar-refractivity contribution < 1.29 is 10.2 Å². The van der Waals surface area contributed by atoms with Gasteiger partial charge in [0.15, 0.2) is 0 Å². The van der Waals surface area contributed by atoms with E-state index in [1.807, 2.05) is 0 Å². The van der Waals surface area contributed by atoms with Crippen LogP contribution in [0.1, 0.15) is 31.4 Å². The fourth-order valence-corrected chi connectivity index (χ4v) is 3.72. The molecule has 1 aromatic rings. The summed E-state index contributed by atoms with van der Waals surface area (Å²) in [5.41, 5.74) is 0.662. The van der Waals surface area contributed by atoms with Crippen molar-refractivity contribution >= 4 is 0 Å². The van der Waals surface area contributed by atoms with E-state index in [1.165, 1.54) is 12.8 Å². The molecule has 0 radical (unpaired) electrons. The van der Waals surface area contributed by atoms with Crippen molar-refractivity contribution in [2.24, 2.45) is 5.92 Å². The Balaban J connectivity index is 1.88. The average molecular weight is 262 g/mol. The van der Waals surface area contributed by atoms with Gasteiger partial charge in [-0.1, -0.05) is 6.07 Å². The molecular weight excluding hydrogens is 240 g/mol. The number of hydrogen-bond donors (Lipinski definition) is 3. The van der Waals surface area contributed by atoms with E-state index in [2.05, 4.69) is 17.1 Å². The Morgan fingerprint density at radius 1 is 1.26 bits per heavy atom. The van der Waals surface area contributed by atoms with E-state index in [4.69, 9.17) is 0 Å². The summed E-state index contributed by atoms with van der Waals surface area (Å²) in [4.78, 5) is 2.43. The number of likely N-dealkylation sites (tertiary alicyclic amines) is 1. The number of phenolic OH excluding ortho intramolecular Hbond substituents is 2. The van der Waals surface area contributed by atoms with E-state index in [0.29, 0.717) is 17.5 Å². The molecule has 3 rings (SSSR count). The number of phenols is 2. The topological polar surface area (TPSA) is 55.7 Å². The van der Waals surface area contributed by atoms with Crippen LogP contribution in [0.4, 0.5) is 0 Å². The molecule has 1 aromatic carbocycles. The van der Waals surface area contributed by atoms with Gasteiger partial charge in [-0.3, -0.25) is 4.90 Å². The zero-order valence-corrected chi connectivity index (χ0v) is 11.3. The Kier molecular flexibility index (Phi) is 3.37. The van der Waals surface area contributed by atoms with Crippen molar-refractivity contribution in [2.75, 3.05) is 19.6 Å². The summed E-state index contributed by atoms with van der Waals surface area (Å²) in [6.45, 7) is 5.23. The summed E-state index contributed by atoms with van der Waals surface area (Å²) in [6.07, 6.45) is 2.48. The third kappa shape index (κ3) is 2.19. The van der Waals surface area contributed by atoms with Crippen LogP contribution in [0.5, 0.6) is 11.5 Å². The Hall–Kier alpha value is -1.26. The van der Waals surface area contributed by atoms with Gasteiger partial charge in [0, 0.05) is 18.6 Å². The van der Waals surface area contributed by atoms with Crippen molar-refractivity contribution in [1.29, 1.82) is 0 Å². The van der Waals surface area contributed by atoms with Crippen molar-refractivity contribution in [1.82, 2.24) is 10.2 Å². The summed E-state index contributed by atoms with van der Waals surface area (Å²) < 4.78 is 0. The number of nitrogens with zero attached hydrogens (tertiary/aromatic N) is 1. The third-order valence-electron chi connectivity index (χ3n) is 4.70. The normalized spacial score (nSPS) is 29.1. The largest absolute Gasteiger partial charge is 0.507 e. The number of benzene rings is 1. The molecule has 2 aliphatic heterocycles. The zero-order chi connectivity index (χ0) is 13.4. The van der Waals surface area contributed by atoms with Crippen molar-refractivity contribution in [3.8, 4) is 11.5 Å². The lowest BCUT2D eigenvalue weighted by Gasteiger charge is -2.41. The van der Waals surface area contributed by atoms with Gasteiger partial charge in [0.1, 0.15) is 11.5 Å². The molecule has 4 nitrogen and oxygen atoms in total. The molecule has 2 heterocycles. The number of rotatable bonds is 2. The summed E-state index contributed by atoms with van der Waals surface area (Å²) >= 11 is 0. The lowest BCUT2D eigenvalue weighted by molar-refractivity contribution is 0.0824. The maximum atomic E-state index is 10.0. The molecule has 2 aliphatic rings. The SMILES string of the molecule is CC(c1c(O)cccc1O)N1CCCC2CNCC21. The molecule has 4 heteroatoms. The van der Waals surface area contributed by atoms with Gasteiger partial charge in [0.2, 0.25) is 0 Å². The Labute approximate surface area is 114 Å². The zero-order valence-electron chi connectivity index (χ0n) is 11.3. The molecule has 0 bridgehead atoms. The molecular formula is C15H22N2O2. The van der Waals surface area contributed by atoms with Crippen molar-refractivity contribution in [3.05, 3.63) is 23.8 Å². The van der Waals surface area contributed by atoms with Gasteiger partial charge < -0.3 is 15.5 Å². The molecule has 3 atom stereocenters. The van der Waals surface area contributed by atoms with Crippen LogP contribution < -0.4 is 5.32 Å². The standard InChI is InChI=1S/C15H22N2O2/c1-10(15-13(18)5-2-6-14(15)19)17-7-3-4-11-8-16-9-12(11)17/h2,5-6,10-12,16,18-19H,3-4,7-9H2,1H3. The minimum atomic E-state index is 0.0499. The summed E-state index contributed by atoms with van der Waals surface area (Å²) in [6, 6.07) is 5.56. The van der Waals surface area contributed by atoms with Gasteiger partial charge in [-0.2, -0.15) is 0 Å². The van der Waals surface area contributed by atoms with E-state index in [9.17, 15) is 10.2 Å². The van der Waals surface area contributed by atoms with Gasteiger partial charge in [0.25, 0.3) is 0 Å². The second-order valence-corrected chi connectivity index (χ2v) is 5.75. The molecule has 0 amide bonds. The predicted molar refractivity (Wildman–Crippen MR) is 74.3 cm³/mol. The molecule has 3 N–H and O–H groups in total. The Morgan fingerprint density at radius 3 is 2.74 bits per heavy atom. The van der Waals surface area contributed by atoms with Gasteiger partial charge in [-0.15, -0.1) is 0 Å². The number of aromatic hydroxyl groups is 2. The van der Waals surface area contributed by atoms with Crippen LogP contribution in [0.25, 0.3) is 0 Å². The van der Waals surface area contributed by atoms with Crippen molar-refractivity contribution in [2.45, 2.75) is 31.8 Å². The van der Waals surface area contributed by atoms with Crippen LogP contribution in [0.15, 0.2) is 18.2 Å². The highest BCUT2D eigenvalue weighted by Gasteiger charge is 2.38. The van der Waals surface area contributed by atoms with Crippen LogP contribution in [-0.4, -0.2) is 40.8 Å². The molecule has 2 fully saturated rings. The quantitative estimate of drug-likeness (QED) is 0.761. The molecule has 2 saturated heterocycles. The molecule has 3 unspecified atom stereocenters. The van der Waals surface area contributed by atoms with E-state index in [0.717, 1.165) is 19.6 Å². The smallest absolute Gasteiger partial charge is 0.124 e. The molecule has 0 saturated carbocycles. The lowest BCUT2D eigenvalue weighted by atomic mass is 9.89. The number of piperidine rings is 1. The molecule has 0 spiro atoms. The minimum absolute atomic E-state index is 0.0499. The van der Waals surface area contributed by atoms with E-state index in [1.54, 1.807) is 18.2 Å². The average Bonchev–Trinajstić information content (AvgIpc) is 2.86. The molecule has 0 aromatic heterocycles. The second kappa shape index (κ2) is 5.02. The minimum Gasteiger partial charge on any atom is -0.507 e. The first-order valence-corrected chi connectivity index (χ1v) is 7.16. The summed E-state index contributed by atoms with van der Waals surface area (Å²) in [7, 11) is 0. The van der Waals surface area contributed by atoms with Crippen LogP contribution in [-0.2, 0) is 0 Å². The number of nitrogens with one attached hydrogen (secondary N) is 1. The van der Waals surface area contributed by atoms with Crippen LogP contribution in [0, 0.1) is 5.92 Å². The fraction of sp³-hybridized carbons (Fsp3) is 0.600. The first kappa shape index (κ1) is 12.8. The first-order valence-electron chi connectivity index (χ1n) is 7.16.